The van der Waals surface area contributed by atoms with Crippen LogP contribution in [-0.4, -0.2) is 43.5 Å². The van der Waals surface area contributed by atoms with E-state index in [1.54, 1.807) is 49.0 Å². The van der Waals surface area contributed by atoms with E-state index in [4.69, 9.17) is 5.73 Å². The molecule has 4 nitrogen and oxygen atoms in total. The fourth-order valence-electron chi connectivity index (χ4n) is 1.39. The Labute approximate surface area is 107 Å². The van der Waals surface area contributed by atoms with Gasteiger partial charge in [-0.25, -0.2) is 0 Å². The van der Waals surface area contributed by atoms with Gasteiger partial charge in [0.25, 0.3) is 5.91 Å². The second-order valence-corrected chi connectivity index (χ2v) is 4.91. The van der Waals surface area contributed by atoms with E-state index < -0.39 is 0 Å². The van der Waals surface area contributed by atoms with E-state index >= 15 is 0 Å². The van der Waals surface area contributed by atoms with Crippen molar-refractivity contribution in [3.05, 3.63) is 23.8 Å². The molecule has 1 rings (SSSR count). The molecule has 3 N–H and O–H groups in total. The lowest BCUT2D eigenvalue weighted by Gasteiger charge is -2.13. The highest BCUT2D eigenvalue weighted by molar-refractivity contribution is 7.98. The van der Waals surface area contributed by atoms with Crippen LogP contribution >= 0.6 is 11.8 Å². The predicted octanol–water partition coefficient (Wildman–Crippen LogP) is 1.75. The molecule has 5 heteroatoms. The fourth-order valence-corrected chi connectivity index (χ4v) is 1.69. The minimum Gasteiger partial charge on any atom is -0.397 e. The fraction of sp³-hybridized carbons (Fsp3) is 0.417. The summed E-state index contributed by atoms with van der Waals surface area (Å²) in [6.07, 6.45) is 2.05. The molecule has 0 spiro atoms. The standard InChI is InChI=1S/C12H19N3OS/c1-15(2)12(16)9-4-5-10(13)11(8-9)14-6-7-17-3/h4-5,8,14H,6-7,13H2,1-3H3. The van der Waals surface area contributed by atoms with Crippen molar-refractivity contribution >= 4 is 29.0 Å². The van der Waals surface area contributed by atoms with Crippen molar-refractivity contribution < 1.29 is 4.79 Å². The maximum atomic E-state index is 11.8. The molecule has 0 unspecified atom stereocenters. The van der Waals surface area contributed by atoms with Gasteiger partial charge < -0.3 is 16.0 Å². The van der Waals surface area contributed by atoms with Crippen molar-refractivity contribution in [2.24, 2.45) is 0 Å². The number of nitrogens with two attached hydrogens (primary N) is 1. The Morgan fingerprint density at radius 1 is 1.47 bits per heavy atom. The molecule has 0 aliphatic heterocycles. The summed E-state index contributed by atoms with van der Waals surface area (Å²) in [5, 5.41) is 3.23. The van der Waals surface area contributed by atoms with Gasteiger partial charge in [0, 0.05) is 32.0 Å². The molecular weight excluding hydrogens is 234 g/mol. The van der Waals surface area contributed by atoms with Crippen LogP contribution in [0.2, 0.25) is 0 Å². The number of benzene rings is 1. The van der Waals surface area contributed by atoms with Crippen LogP contribution < -0.4 is 11.1 Å². The largest absolute Gasteiger partial charge is 0.397 e. The Morgan fingerprint density at radius 2 is 2.18 bits per heavy atom. The van der Waals surface area contributed by atoms with Gasteiger partial charge in [-0.05, 0) is 24.5 Å². The molecule has 1 aromatic rings. The van der Waals surface area contributed by atoms with E-state index in [2.05, 4.69) is 11.6 Å². The van der Waals surface area contributed by atoms with Gasteiger partial charge in [-0.3, -0.25) is 4.79 Å². The van der Waals surface area contributed by atoms with E-state index in [1.807, 2.05) is 0 Å². The van der Waals surface area contributed by atoms with Crippen LogP contribution in [0.15, 0.2) is 18.2 Å². The van der Waals surface area contributed by atoms with Gasteiger partial charge in [0.05, 0.1) is 11.4 Å². The third-order valence-electron chi connectivity index (χ3n) is 2.33. The molecule has 0 aromatic heterocycles. The maximum Gasteiger partial charge on any atom is 0.253 e. The molecule has 17 heavy (non-hydrogen) atoms. The minimum absolute atomic E-state index is 0.0158. The average molecular weight is 253 g/mol. The number of rotatable bonds is 5. The lowest BCUT2D eigenvalue weighted by atomic mass is 10.1. The van der Waals surface area contributed by atoms with Crippen LogP contribution in [0.5, 0.6) is 0 Å². The van der Waals surface area contributed by atoms with Crippen LogP contribution in [0.4, 0.5) is 11.4 Å². The number of carbonyl (C=O) groups is 1. The third-order valence-corrected chi connectivity index (χ3v) is 2.94. The van der Waals surface area contributed by atoms with Crippen molar-refractivity contribution in [3.63, 3.8) is 0 Å². The average Bonchev–Trinajstić information content (AvgIpc) is 2.30. The summed E-state index contributed by atoms with van der Waals surface area (Å²) >= 11 is 1.76. The van der Waals surface area contributed by atoms with E-state index in [-0.39, 0.29) is 5.91 Å². The second-order valence-electron chi connectivity index (χ2n) is 3.92. The SMILES string of the molecule is CSCCNc1cc(C(=O)N(C)C)ccc1N. The highest BCUT2D eigenvalue weighted by Gasteiger charge is 2.09. The Bertz CT molecular complexity index is 393. The summed E-state index contributed by atoms with van der Waals surface area (Å²) in [6, 6.07) is 5.31. The summed E-state index contributed by atoms with van der Waals surface area (Å²) in [5.41, 5.74) is 8.00. The lowest BCUT2D eigenvalue weighted by Crippen LogP contribution is -2.22. The Morgan fingerprint density at radius 3 is 2.76 bits per heavy atom. The number of anilines is 2. The number of nitrogens with one attached hydrogen (secondary N) is 1. The monoisotopic (exact) mass is 253 g/mol. The van der Waals surface area contributed by atoms with Gasteiger partial charge in [-0.2, -0.15) is 11.8 Å². The molecule has 0 heterocycles. The zero-order valence-corrected chi connectivity index (χ0v) is 11.3. The normalized spacial score (nSPS) is 10.1. The molecule has 0 radical (unpaired) electrons. The molecule has 0 saturated carbocycles. The van der Waals surface area contributed by atoms with Gasteiger partial charge in [0.2, 0.25) is 0 Å². The lowest BCUT2D eigenvalue weighted by molar-refractivity contribution is 0.0827. The third kappa shape index (κ3) is 3.85. The Kier molecular flexibility index (Phi) is 5.15. The van der Waals surface area contributed by atoms with Gasteiger partial charge in [-0.15, -0.1) is 0 Å². The summed E-state index contributed by atoms with van der Waals surface area (Å²) in [5.74, 6) is 0.989. The molecule has 0 aliphatic carbocycles. The van der Waals surface area contributed by atoms with E-state index in [0.717, 1.165) is 18.0 Å². The number of nitrogens with zero attached hydrogens (tertiary/aromatic N) is 1. The van der Waals surface area contributed by atoms with Gasteiger partial charge in [0.1, 0.15) is 0 Å². The van der Waals surface area contributed by atoms with Crippen LogP contribution in [0, 0.1) is 0 Å². The molecule has 0 bridgehead atoms. The van der Waals surface area contributed by atoms with Gasteiger partial charge in [-0.1, -0.05) is 0 Å². The van der Waals surface area contributed by atoms with Crippen molar-refractivity contribution in [1.82, 2.24) is 4.90 Å². The van der Waals surface area contributed by atoms with Crippen LogP contribution in [-0.2, 0) is 0 Å². The molecule has 0 fully saturated rings. The summed E-state index contributed by atoms with van der Waals surface area (Å²) in [6.45, 7) is 0.838. The van der Waals surface area contributed by atoms with Crippen LogP contribution in [0.3, 0.4) is 0 Å². The molecular formula is C12H19N3OS. The first-order valence-corrected chi connectivity index (χ1v) is 6.79. The first-order chi connectivity index (χ1) is 8.06. The quantitative estimate of drug-likeness (QED) is 0.620. The number of amides is 1. The zero-order chi connectivity index (χ0) is 12.8. The van der Waals surface area contributed by atoms with Crippen molar-refractivity contribution in [3.8, 4) is 0 Å². The van der Waals surface area contributed by atoms with Crippen LogP contribution in [0.1, 0.15) is 10.4 Å². The first-order valence-electron chi connectivity index (χ1n) is 5.40. The molecule has 0 aliphatic rings. The second kappa shape index (κ2) is 6.39. The van der Waals surface area contributed by atoms with Gasteiger partial charge >= 0.3 is 0 Å². The zero-order valence-electron chi connectivity index (χ0n) is 10.5. The summed E-state index contributed by atoms with van der Waals surface area (Å²) in [4.78, 5) is 13.3. The Balaban J connectivity index is 2.83. The van der Waals surface area contributed by atoms with Crippen molar-refractivity contribution in [2.45, 2.75) is 0 Å². The molecule has 0 saturated heterocycles. The first kappa shape index (κ1) is 13.7. The number of hydrogen-bond acceptors (Lipinski definition) is 4. The summed E-state index contributed by atoms with van der Waals surface area (Å²) in [7, 11) is 3.47. The molecule has 1 amide bonds. The van der Waals surface area contributed by atoms with E-state index in [1.165, 1.54) is 0 Å². The smallest absolute Gasteiger partial charge is 0.253 e. The van der Waals surface area contributed by atoms with Crippen molar-refractivity contribution in [2.75, 3.05) is 43.7 Å². The number of carbonyl (C=O) groups excluding carboxylic acids is 1. The number of thioether (sulfide) groups is 1. The number of hydrogen-bond donors (Lipinski definition) is 2. The van der Waals surface area contributed by atoms with Crippen molar-refractivity contribution in [1.29, 1.82) is 0 Å². The maximum absolute atomic E-state index is 11.8. The predicted molar refractivity (Wildman–Crippen MR) is 75.7 cm³/mol. The van der Waals surface area contributed by atoms with E-state index in [0.29, 0.717) is 11.3 Å². The van der Waals surface area contributed by atoms with E-state index in [9.17, 15) is 4.79 Å². The molecule has 94 valence electrons. The Hall–Kier alpha value is -1.36. The topological polar surface area (TPSA) is 58.4 Å². The highest BCUT2D eigenvalue weighted by atomic mass is 32.2. The molecule has 1 aromatic carbocycles. The van der Waals surface area contributed by atoms with Crippen LogP contribution in [0.25, 0.3) is 0 Å². The minimum atomic E-state index is -0.0158. The molecule has 0 atom stereocenters. The highest BCUT2D eigenvalue weighted by Crippen LogP contribution is 2.20. The van der Waals surface area contributed by atoms with Gasteiger partial charge in [0.15, 0.2) is 0 Å². The summed E-state index contributed by atoms with van der Waals surface area (Å²) < 4.78 is 0. The number of nitrogen functional groups attached to an aromatic ring is 1.